The lowest BCUT2D eigenvalue weighted by Gasteiger charge is -2.25. The van der Waals surface area contributed by atoms with Crippen LogP contribution >= 0.6 is 24.4 Å². The number of thiol groups is 1. The summed E-state index contributed by atoms with van der Waals surface area (Å²) in [7, 11) is 3.21. The summed E-state index contributed by atoms with van der Waals surface area (Å²) in [5.41, 5.74) is 0.942. The molecule has 2 aromatic carbocycles. The van der Waals surface area contributed by atoms with E-state index in [9.17, 15) is 9.59 Å². The van der Waals surface area contributed by atoms with Crippen LogP contribution in [0.5, 0.6) is 11.5 Å². The van der Waals surface area contributed by atoms with E-state index < -0.39 is 12.1 Å². The van der Waals surface area contributed by atoms with E-state index in [1.54, 1.807) is 26.0 Å². The molecule has 1 fully saturated rings. The van der Waals surface area contributed by atoms with Crippen LogP contribution in [-0.2, 0) is 25.6 Å². The molecule has 41 heavy (non-hydrogen) atoms. The van der Waals surface area contributed by atoms with Crippen molar-refractivity contribution in [1.29, 1.82) is 0 Å². The summed E-state index contributed by atoms with van der Waals surface area (Å²) >= 11 is 6.11. The van der Waals surface area contributed by atoms with E-state index in [2.05, 4.69) is 28.6 Å². The average Bonchev–Trinajstić information content (AvgIpc) is 3.00. The summed E-state index contributed by atoms with van der Waals surface area (Å²) in [5.74, 6) is 3.52. The van der Waals surface area contributed by atoms with Crippen molar-refractivity contribution in [2.24, 2.45) is 5.92 Å². The fourth-order valence-corrected chi connectivity index (χ4v) is 6.25. The third-order valence-electron chi connectivity index (χ3n) is 7.14. The molecule has 8 nitrogen and oxygen atoms in total. The number of carbonyl (C=O) groups is 2. The lowest BCUT2D eigenvalue weighted by Crippen LogP contribution is -2.55. The lowest BCUT2D eigenvalue weighted by atomic mass is 9.91. The van der Waals surface area contributed by atoms with Crippen molar-refractivity contribution >= 4 is 36.2 Å². The van der Waals surface area contributed by atoms with Crippen LogP contribution in [0.1, 0.15) is 37.7 Å². The Morgan fingerprint density at radius 1 is 0.951 bits per heavy atom. The minimum atomic E-state index is -0.654. The fourth-order valence-electron chi connectivity index (χ4n) is 4.68. The predicted octanol–water partition coefficient (Wildman–Crippen LogP) is 4.44. The minimum absolute atomic E-state index is 0.190. The molecule has 3 N–H and O–H groups in total. The molecule has 0 spiro atoms. The van der Waals surface area contributed by atoms with E-state index in [1.807, 2.05) is 54.6 Å². The van der Waals surface area contributed by atoms with Crippen molar-refractivity contribution in [3.63, 3.8) is 0 Å². The molecule has 1 aliphatic carbocycles. The Labute approximate surface area is 254 Å². The highest BCUT2D eigenvalue weighted by Gasteiger charge is 2.26. The van der Waals surface area contributed by atoms with Crippen LogP contribution in [0.3, 0.4) is 0 Å². The number of amides is 2. The van der Waals surface area contributed by atoms with Crippen LogP contribution in [0.2, 0.25) is 0 Å². The molecule has 2 amide bonds. The van der Waals surface area contributed by atoms with Crippen LogP contribution in [-0.4, -0.2) is 74.6 Å². The number of rotatable bonds is 18. The molecule has 226 valence electrons. The van der Waals surface area contributed by atoms with Gasteiger partial charge in [-0.3, -0.25) is 9.59 Å². The maximum atomic E-state index is 13.3. The maximum absolute atomic E-state index is 13.3. The number of hydrogen-bond acceptors (Lipinski definition) is 8. The standard InChI is InChI=1S/C31H45N3O5S2/c1-37-19-27(38-2)18-32-28(20-40)31(36)34-29(22-41-21-24-9-5-3-6-10-24)30(35)33-17-23-13-15-26(16-14-23)39-25-11-7-4-8-12-25/h4,7-8,11-16,24,27-29,32,40H,3,5-6,9-10,17-22H2,1-2H3,(H,33,35)(H,34,36)/t27?,28-,29-/m0/s1. The van der Waals surface area contributed by atoms with Crippen LogP contribution in [0.4, 0.5) is 0 Å². The Balaban J connectivity index is 1.56. The van der Waals surface area contributed by atoms with Gasteiger partial charge in [0.05, 0.1) is 18.8 Å². The van der Waals surface area contributed by atoms with E-state index in [0.717, 1.165) is 22.8 Å². The highest BCUT2D eigenvalue weighted by atomic mass is 32.2. The first-order valence-corrected chi connectivity index (χ1v) is 16.1. The van der Waals surface area contributed by atoms with Gasteiger partial charge in [0, 0.05) is 38.8 Å². The van der Waals surface area contributed by atoms with Crippen LogP contribution in [0.25, 0.3) is 0 Å². The number of carbonyl (C=O) groups excluding carboxylic acids is 2. The van der Waals surface area contributed by atoms with Gasteiger partial charge in [-0.25, -0.2) is 0 Å². The van der Waals surface area contributed by atoms with Gasteiger partial charge in [-0.05, 0) is 54.3 Å². The molecule has 0 saturated heterocycles. The second kappa shape index (κ2) is 19.0. The van der Waals surface area contributed by atoms with Gasteiger partial charge < -0.3 is 30.2 Å². The summed E-state index contributed by atoms with van der Waals surface area (Å²) in [4.78, 5) is 26.5. The van der Waals surface area contributed by atoms with E-state index >= 15 is 0 Å². The zero-order chi connectivity index (χ0) is 29.3. The predicted molar refractivity (Wildman–Crippen MR) is 169 cm³/mol. The molecule has 1 aliphatic rings. The molecule has 1 unspecified atom stereocenters. The summed E-state index contributed by atoms with van der Waals surface area (Å²) in [6.07, 6.45) is 6.17. The Hall–Kier alpha value is -2.24. The third-order valence-corrected chi connectivity index (χ3v) is 8.78. The molecule has 2 aromatic rings. The maximum Gasteiger partial charge on any atom is 0.243 e. The number of hydrogen-bond donors (Lipinski definition) is 4. The fraction of sp³-hybridized carbons (Fsp3) is 0.548. The van der Waals surface area contributed by atoms with Crippen molar-refractivity contribution in [3.8, 4) is 11.5 Å². The Kier molecular flexibility index (Phi) is 15.5. The van der Waals surface area contributed by atoms with Crippen LogP contribution in [0.15, 0.2) is 54.6 Å². The first-order chi connectivity index (χ1) is 20.0. The molecule has 3 atom stereocenters. The van der Waals surface area contributed by atoms with E-state index in [0.29, 0.717) is 31.4 Å². The number of ether oxygens (including phenoxy) is 3. The van der Waals surface area contributed by atoms with Crippen molar-refractivity contribution in [2.75, 3.05) is 44.6 Å². The van der Waals surface area contributed by atoms with E-state index in [4.69, 9.17) is 14.2 Å². The molecule has 0 aromatic heterocycles. The van der Waals surface area contributed by atoms with Gasteiger partial charge in [0.1, 0.15) is 17.5 Å². The normalized spacial score (nSPS) is 16.0. The number of methoxy groups -OCH3 is 2. The molecule has 0 radical (unpaired) electrons. The summed E-state index contributed by atoms with van der Waals surface area (Å²) in [6.45, 7) is 1.19. The number of para-hydroxylation sites is 1. The lowest BCUT2D eigenvalue weighted by molar-refractivity contribution is -0.129. The van der Waals surface area contributed by atoms with Crippen molar-refractivity contribution in [3.05, 3.63) is 60.2 Å². The van der Waals surface area contributed by atoms with Gasteiger partial charge in [-0.15, -0.1) is 0 Å². The third kappa shape index (κ3) is 12.3. The second-order valence-electron chi connectivity index (χ2n) is 10.3. The molecule has 0 heterocycles. The zero-order valence-corrected chi connectivity index (χ0v) is 25.9. The van der Waals surface area contributed by atoms with E-state index in [-0.39, 0.29) is 23.7 Å². The van der Waals surface area contributed by atoms with Gasteiger partial charge in [-0.1, -0.05) is 49.6 Å². The second-order valence-corrected chi connectivity index (χ2v) is 11.8. The summed E-state index contributed by atoms with van der Waals surface area (Å²) in [5, 5.41) is 9.18. The van der Waals surface area contributed by atoms with Gasteiger partial charge in [0.15, 0.2) is 0 Å². The molecular weight excluding hydrogens is 558 g/mol. The molecule has 10 heteroatoms. The van der Waals surface area contributed by atoms with Gasteiger partial charge >= 0.3 is 0 Å². The largest absolute Gasteiger partial charge is 0.457 e. The quantitative estimate of drug-likeness (QED) is 0.187. The van der Waals surface area contributed by atoms with Crippen LogP contribution in [0, 0.1) is 5.92 Å². The Bertz CT molecular complexity index is 1020. The topological polar surface area (TPSA) is 97.9 Å². The molecule has 1 saturated carbocycles. The van der Waals surface area contributed by atoms with Crippen molar-refractivity contribution in [2.45, 2.75) is 56.8 Å². The van der Waals surface area contributed by atoms with Gasteiger partial charge in [0.25, 0.3) is 0 Å². The zero-order valence-electron chi connectivity index (χ0n) is 24.2. The summed E-state index contributed by atoms with van der Waals surface area (Å²) in [6, 6.07) is 16.0. The average molecular weight is 604 g/mol. The minimum Gasteiger partial charge on any atom is -0.457 e. The first kappa shape index (κ1) is 33.3. The number of nitrogens with one attached hydrogen (secondary N) is 3. The number of thioether (sulfide) groups is 1. The molecule has 3 rings (SSSR count). The molecular formula is C31H45N3O5S2. The number of benzene rings is 2. The van der Waals surface area contributed by atoms with Gasteiger partial charge in [-0.2, -0.15) is 24.4 Å². The molecule has 0 bridgehead atoms. The van der Waals surface area contributed by atoms with Crippen molar-refractivity contribution < 1.29 is 23.8 Å². The highest BCUT2D eigenvalue weighted by Crippen LogP contribution is 2.27. The monoisotopic (exact) mass is 603 g/mol. The molecule has 0 aliphatic heterocycles. The smallest absolute Gasteiger partial charge is 0.243 e. The Morgan fingerprint density at radius 2 is 1.66 bits per heavy atom. The Morgan fingerprint density at radius 3 is 2.32 bits per heavy atom. The van der Waals surface area contributed by atoms with Crippen molar-refractivity contribution in [1.82, 2.24) is 16.0 Å². The first-order valence-electron chi connectivity index (χ1n) is 14.4. The van der Waals surface area contributed by atoms with Gasteiger partial charge in [0.2, 0.25) is 11.8 Å². The highest BCUT2D eigenvalue weighted by molar-refractivity contribution is 7.99. The van der Waals surface area contributed by atoms with E-state index in [1.165, 1.54) is 32.1 Å². The van der Waals surface area contributed by atoms with Crippen LogP contribution < -0.4 is 20.7 Å². The SMILES string of the molecule is COCC(CN[C@@H](CS)C(=O)N[C@@H](CSCC1CCCCC1)C(=O)NCc1ccc(Oc2ccccc2)cc1)OC. The summed E-state index contributed by atoms with van der Waals surface area (Å²) < 4.78 is 16.4.